The molecule has 224 valence electrons. The number of piperidine rings is 1. The van der Waals surface area contributed by atoms with Gasteiger partial charge in [-0.3, -0.25) is 9.69 Å². The van der Waals surface area contributed by atoms with Gasteiger partial charge in [0.25, 0.3) is 0 Å². The van der Waals surface area contributed by atoms with E-state index in [1.165, 1.54) is 0 Å². The number of likely N-dealkylation sites (tertiary alicyclic amines) is 1. The molecule has 3 aliphatic heterocycles. The number of nitrogens with one attached hydrogen (secondary N) is 1. The number of halogens is 6. The van der Waals surface area contributed by atoms with Crippen molar-refractivity contribution in [3.63, 3.8) is 0 Å². The first-order chi connectivity index (χ1) is 19.4. The van der Waals surface area contributed by atoms with Crippen LogP contribution in [0.2, 0.25) is 0 Å². The molecular weight excluding hydrogens is 554 g/mol. The average Bonchev–Trinajstić information content (AvgIpc) is 3.40. The Labute approximate surface area is 233 Å². The van der Waals surface area contributed by atoms with Gasteiger partial charge in [-0.2, -0.15) is 26.3 Å². The molecule has 6 nitrogen and oxygen atoms in total. The SMILES string of the molecule is O=C(NCc1cc(C(F)(F)F)cc(C(F)(F)F)c1)C1(CC2CCOCC2)CCN(Cc2ccc3c(c2)OCO3)CC1. The van der Waals surface area contributed by atoms with Crippen LogP contribution in [0.4, 0.5) is 26.3 Å². The molecule has 2 aromatic carbocycles. The molecule has 0 spiro atoms. The zero-order valence-electron chi connectivity index (χ0n) is 22.4. The van der Waals surface area contributed by atoms with Crippen molar-refractivity contribution in [2.24, 2.45) is 11.3 Å². The minimum atomic E-state index is -4.95. The van der Waals surface area contributed by atoms with Crippen molar-refractivity contribution in [1.82, 2.24) is 10.2 Å². The van der Waals surface area contributed by atoms with Gasteiger partial charge in [0.15, 0.2) is 11.5 Å². The van der Waals surface area contributed by atoms with Crippen molar-refractivity contribution < 1.29 is 45.3 Å². The summed E-state index contributed by atoms with van der Waals surface area (Å²) in [4.78, 5) is 15.9. The highest BCUT2D eigenvalue weighted by Gasteiger charge is 2.43. The van der Waals surface area contributed by atoms with Gasteiger partial charge in [0, 0.05) is 26.3 Å². The van der Waals surface area contributed by atoms with E-state index in [2.05, 4.69) is 10.2 Å². The second kappa shape index (κ2) is 11.7. The van der Waals surface area contributed by atoms with Crippen molar-refractivity contribution in [3.8, 4) is 11.5 Å². The fraction of sp³-hybridized carbons (Fsp3) is 0.552. The van der Waals surface area contributed by atoms with Gasteiger partial charge in [-0.1, -0.05) is 6.07 Å². The van der Waals surface area contributed by atoms with Gasteiger partial charge in [-0.25, -0.2) is 0 Å². The van der Waals surface area contributed by atoms with Crippen LogP contribution in [0.1, 0.15) is 54.4 Å². The highest BCUT2D eigenvalue weighted by Crippen LogP contribution is 2.42. The first kappa shape index (κ1) is 29.5. The molecule has 0 bridgehead atoms. The van der Waals surface area contributed by atoms with E-state index in [-0.39, 0.29) is 30.2 Å². The second-order valence-electron chi connectivity index (χ2n) is 11.1. The largest absolute Gasteiger partial charge is 0.454 e. The quantitative estimate of drug-likeness (QED) is 0.394. The topological polar surface area (TPSA) is 60.0 Å². The molecule has 2 aromatic rings. The van der Waals surface area contributed by atoms with E-state index >= 15 is 0 Å². The smallest absolute Gasteiger partial charge is 0.416 e. The lowest BCUT2D eigenvalue weighted by Gasteiger charge is -2.43. The fourth-order valence-electron chi connectivity index (χ4n) is 5.95. The molecule has 41 heavy (non-hydrogen) atoms. The van der Waals surface area contributed by atoms with Crippen LogP contribution in [-0.2, 0) is 35.0 Å². The van der Waals surface area contributed by atoms with E-state index in [0.717, 1.165) is 18.4 Å². The Morgan fingerprint density at radius 2 is 1.51 bits per heavy atom. The molecule has 0 atom stereocenters. The third-order valence-corrected chi connectivity index (χ3v) is 8.26. The summed E-state index contributed by atoms with van der Waals surface area (Å²) in [5.41, 5.74) is -2.78. The standard InChI is InChI=1S/C29H32F6N2O4/c30-28(31,32)22-11-21(12-23(14-22)29(33,34)35)16-36-26(38)27(15-19-3-9-39-10-4-19)5-7-37(8-6-27)17-20-1-2-24-25(13-20)41-18-40-24/h1-2,11-14,19H,3-10,15-18H2,(H,36,38). The molecule has 0 radical (unpaired) electrons. The number of carbonyl (C=O) groups is 1. The maximum atomic E-state index is 13.7. The Morgan fingerprint density at radius 1 is 0.878 bits per heavy atom. The summed E-state index contributed by atoms with van der Waals surface area (Å²) < 4.78 is 96.2. The monoisotopic (exact) mass is 586 g/mol. The summed E-state index contributed by atoms with van der Waals surface area (Å²) in [6.45, 7) is 2.84. The third kappa shape index (κ3) is 7.09. The Hall–Kier alpha value is -2.99. The van der Waals surface area contributed by atoms with E-state index in [1.54, 1.807) is 0 Å². The Balaban J connectivity index is 1.29. The normalized spacial score (nSPS) is 19.8. The number of nitrogens with zero attached hydrogens (tertiary/aromatic N) is 1. The van der Waals surface area contributed by atoms with E-state index in [4.69, 9.17) is 14.2 Å². The zero-order chi connectivity index (χ0) is 29.3. The molecule has 1 amide bonds. The summed E-state index contributed by atoms with van der Waals surface area (Å²) in [5.74, 6) is 1.30. The molecule has 2 fully saturated rings. The molecule has 0 aromatic heterocycles. The molecule has 0 unspecified atom stereocenters. The summed E-state index contributed by atoms with van der Waals surface area (Å²) in [7, 11) is 0. The lowest BCUT2D eigenvalue weighted by Crippen LogP contribution is -2.49. The second-order valence-corrected chi connectivity index (χ2v) is 11.1. The summed E-state index contributed by atoms with van der Waals surface area (Å²) in [6.07, 6.45) is -6.65. The highest BCUT2D eigenvalue weighted by molar-refractivity contribution is 5.82. The van der Waals surface area contributed by atoms with Gasteiger partial charge < -0.3 is 19.5 Å². The lowest BCUT2D eigenvalue weighted by atomic mass is 9.70. The molecule has 2 saturated heterocycles. The zero-order valence-corrected chi connectivity index (χ0v) is 22.4. The van der Waals surface area contributed by atoms with E-state index in [9.17, 15) is 31.1 Å². The summed E-state index contributed by atoms with van der Waals surface area (Å²) in [6, 6.07) is 7.18. The molecule has 3 heterocycles. The van der Waals surface area contributed by atoms with Crippen LogP contribution in [0, 0.1) is 11.3 Å². The van der Waals surface area contributed by atoms with Crippen LogP contribution in [0.5, 0.6) is 11.5 Å². The van der Waals surface area contributed by atoms with Gasteiger partial charge in [-0.15, -0.1) is 0 Å². The van der Waals surface area contributed by atoms with Crippen molar-refractivity contribution in [2.75, 3.05) is 33.1 Å². The molecule has 5 rings (SSSR count). The number of fused-ring (bicyclic) bond motifs is 1. The van der Waals surface area contributed by atoms with Crippen LogP contribution in [0.15, 0.2) is 36.4 Å². The summed E-state index contributed by atoms with van der Waals surface area (Å²) >= 11 is 0. The molecule has 1 N–H and O–H groups in total. The number of amides is 1. The Bertz CT molecular complexity index is 1200. The number of hydrogen-bond donors (Lipinski definition) is 1. The van der Waals surface area contributed by atoms with Gasteiger partial charge in [0.1, 0.15) is 0 Å². The summed E-state index contributed by atoms with van der Waals surface area (Å²) in [5, 5.41) is 2.70. The lowest BCUT2D eigenvalue weighted by molar-refractivity contribution is -0.143. The van der Waals surface area contributed by atoms with E-state index in [1.807, 2.05) is 18.2 Å². The van der Waals surface area contributed by atoms with Crippen LogP contribution in [0.25, 0.3) is 0 Å². The van der Waals surface area contributed by atoms with Crippen molar-refractivity contribution in [1.29, 1.82) is 0 Å². The number of rotatable bonds is 7. The van der Waals surface area contributed by atoms with Crippen LogP contribution in [-0.4, -0.2) is 43.9 Å². The van der Waals surface area contributed by atoms with Crippen LogP contribution in [0.3, 0.4) is 0 Å². The van der Waals surface area contributed by atoms with Crippen molar-refractivity contribution in [2.45, 2.75) is 57.5 Å². The van der Waals surface area contributed by atoms with Gasteiger partial charge in [-0.05, 0) is 92.6 Å². The van der Waals surface area contributed by atoms with E-state index in [0.29, 0.717) is 75.7 Å². The predicted molar refractivity (Wildman–Crippen MR) is 136 cm³/mol. The number of alkyl halides is 6. The number of benzene rings is 2. The van der Waals surface area contributed by atoms with Crippen molar-refractivity contribution >= 4 is 5.91 Å². The minimum absolute atomic E-state index is 0.0911. The predicted octanol–water partition coefficient (Wildman–Crippen LogP) is 6.17. The van der Waals surface area contributed by atoms with Crippen molar-refractivity contribution in [3.05, 3.63) is 58.7 Å². The van der Waals surface area contributed by atoms with Crippen LogP contribution >= 0.6 is 0 Å². The molecule has 0 saturated carbocycles. The first-order valence-corrected chi connectivity index (χ1v) is 13.7. The number of ether oxygens (including phenoxy) is 3. The third-order valence-electron chi connectivity index (χ3n) is 8.26. The minimum Gasteiger partial charge on any atom is -0.454 e. The molecule has 3 aliphatic rings. The van der Waals surface area contributed by atoms with Gasteiger partial charge >= 0.3 is 12.4 Å². The maximum Gasteiger partial charge on any atom is 0.416 e. The fourth-order valence-corrected chi connectivity index (χ4v) is 5.95. The maximum absolute atomic E-state index is 13.7. The van der Waals surface area contributed by atoms with Gasteiger partial charge in [0.05, 0.1) is 16.5 Å². The van der Waals surface area contributed by atoms with E-state index < -0.39 is 35.4 Å². The average molecular weight is 587 g/mol. The number of carbonyl (C=O) groups excluding carboxylic acids is 1. The number of hydrogen-bond acceptors (Lipinski definition) is 5. The Kier molecular flexibility index (Phi) is 8.43. The van der Waals surface area contributed by atoms with Gasteiger partial charge in [0.2, 0.25) is 12.7 Å². The highest BCUT2D eigenvalue weighted by atomic mass is 19.4. The van der Waals surface area contributed by atoms with Crippen LogP contribution < -0.4 is 14.8 Å². The first-order valence-electron chi connectivity index (χ1n) is 13.7. The molecule has 0 aliphatic carbocycles. The molecule has 12 heteroatoms. The molecular formula is C29H32F6N2O4. The Morgan fingerprint density at radius 3 is 2.15 bits per heavy atom.